The van der Waals surface area contributed by atoms with Crippen LogP contribution < -0.4 is 14.2 Å². The van der Waals surface area contributed by atoms with Gasteiger partial charge in [-0.3, -0.25) is 4.79 Å². The van der Waals surface area contributed by atoms with E-state index in [1.165, 1.54) is 21.3 Å². The second kappa shape index (κ2) is 7.99. The summed E-state index contributed by atoms with van der Waals surface area (Å²) in [5.74, 6) is 1.24. The predicted octanol–water partition coefficient (Wildman–Crippen LogP) is 4.58. The summed E-state index contributed by atoms with van der Waals surface area (Å²) in [6, 6.07) is 11.5. The number of fused-ring (bicyclic) bond motifs is 1. The van der Waals surface area contributed by atoms with Crippen LogP contribution >= 0.6 is 0 Å². The van der Waals surface area contributed by atoms with Crippen molar-refractivity contribution in [3.05, 3.63) is 59.8 Å². The fraction of sp³-hybridized carbons (Fsp3) is 0.227. The highest BCUT2D eigenvalue weighted by molar-refractivity contribution is 6.08. The van der Waals surface area contributed by atoms with E-state index in [0.29, 0.717) is 22.8 Å². The quantitative estimate of drug-likeness (QED) is 0.454. The minimum absolute atomic E-state index is 0.136. The predicted molar refractivity (Wildman–Crippen MR) is 107 cm³/mol. The molecule has 2 aromatic carbocycles. The van der Waals surface area contributed by atoms with Gasteiger partial charge in [0.05, 0.1) is 21.3 Å². The van der Waals surface area contributed by atoms with E-state index in [4.69, 9.17) is 14.2 Å². The Balaban J connectivity index is 1.96. The van der Waals surface area contributed by atoms with Gasteiger partial charge >= 0.3 is 0 Å². The van der Waals surface area contributed by atoms with Crippen LogP contribution in [0, 0.1) is 0 Å². The van der Waals surface area contributed by atoms with E-state index >= 15 is 0 Å². The van der Waals surface area contributed by atoms with Gasteiger partial charge in [0, 0.05) is 34.8 Å². The average Bonchev–Trinajstić information content (AvgIpc) is 3.08. The SMILES string of the molecule is CCn1cc(/C=C/C(=O)c2cc(OC)c(OC)c(OC)c2)c2ccccc21. The van der Waals surface area contributed by atoms with Crippen LogP contribution in [0.15, 0.2) is 48.7 Å². The molecule has 5 nitrogen and oxygen atoms in total. The lowest BCUT2D eigenvalue weighted by Gasteiger charge is -2.13. The number of carbonyl (C=O) groups is 1. The molecule has 0 aliphatic rings. The summed E-state index contributed by atoms with van der Waals surface area (Å²) < 4.78 is 18.1. The maximum absolute atomic E-state index is 12.7. The number of ether oxygens (including phenoxy) is 3. The Morgan fingerprint density at radius 3 is 2.30 bits per heavy atom. The van der Waals surface area contributed by atoms with E-state index in [1.54, 1.807) is 18.2 Å². The molecule has 0 aliphatic carbocycles. The van der Waals surface area contributed by atoms with Crippen molar-refractivity contribution in [1.82, 2.24) is 4.57 Å². The number of aryl methyl sites for hydroxylation is 1. The summed E-state index contributed by atoms with van der Waals surface area (Å²) in [6.45, 7) is 2.97. The van der Waals surface area contributed by atoms with Gasteiger partial charge in [-0.1, -0.05) is 18.2 Å². The van der Waals surface area contributed by atoms with Gasteiger partial charge in [0.15, 0.2) is 17.3 Å². The molecule has 0 amide bonds. The first-order chi connectivity index (χ1) is 13.1. The van der Waals surface area contributed by atoms with Crippen LogP contribution in [-0.4, -0.2) is 31.7 Å². The highest BCUT2D eigenvalue weighted by atomic mass is 16.5. The zero-order chi connectivity index (χ0) is 19.4. The van der Waals surface area contributed by atoms with E-state index in [9.17, 15) is 4.79 Å². The molecule has 3 aromatic rings. The van der Waals surface area contributed by atoms with Crippen molar-refractivity contribution in [2.24, 2.45) is 0 Å². The van der Waals surface area contributed by atoms with Crippen LogP contribution in [-0.2, 0) is 6.54 Å². The topological polar surface area (TPSA) is 49.7 Å². The molecule has 140 valence electrons. The molecule has 0 N–H and O–H groups in total. The van der Waals surface area contributed by atoms with Crippen molar-refractivity contribution in [1.29, 1.82) is 0 Å². The third-order valence-corrected chi connectivity index (χ3v) is 4.52. The summed E-state index contributed by atoms with van der Waals surface area (Å²) in [6.07, 6.45) is 5.48. The molecule has 27 heavy (non-hydrogen) atoms. The number of nitrogens with zero attached hydrogens (tertiary/aromatic N) is 1. The molecule has 1 heterocycles. The van der Waals surface area contributed by atoms with Gasteiger partial charge in [-0.15, -0.1) is 0 Å². The first kappa shape index (κ1) is 18.6. The third kappa shape index (κ3) is 3.53. The van der Waals surface area contributed by atoms with Crippen LogP contribution in [0.4, 0.5) is 0 Å². The standard InChI is InChI=1S/C22H23NO4/c1-5-23-14-15(17-8-6-7-9-18(17)23)10-11-19(24)16-12-20(25-2)22(27-4)21(13-16)26-3/h6-14H,5H2,1-4H3/b11-10+. The van der Waals surface area contributed by atoms with E-state index < -0.39 is 0 Å². The molecule has 5 heteroatoms. The minimum Gasteiger partial charge on any atom is -0.493 e. The summed E-state index contributed by atoms with van der Waals surface area (Å²) in [5, 5.41) is 1.12. The van der Waals surface area contributed by atoms with Crippen LogP contribution in [0.1, 0.15) is 22.8 Å². The van der Waals surface area contributed by atoms with Gasteiger partial charge in [0.1, 0.15) is 0 Å². The van der Waals surface area contributed by atoms with Gasteiger partial charge in [-0.05, 0) is 37.3 Å². The number of methoxy groups -OCH3 is 3. The van der Waals surface area contributed by atoms with Crippen molar-refractivity contribution in [3.63, 3.8) is 0 Å². The Kier molecular flexibility index (Phi) is 5.50. The summed E-state index contributed by atoms with van der Waals surface area (Å²) >= 11 is 0. The van der Waals surface area contributed by atoms with Crippen molar-refractivity contribution in [3.8, 4) is 17.2 Å². The van der Waals surface area contributed by atoms with E-state index in [0.717, 1.165) is 23.0 Å². The molecule has 0 saturated heterocycles. The fourth-order valence-electron chi connectivity index (χ4n) is 3.15. The molecule has 0 saturated carbocycles. The first-order valence-corrected chi connectivity index (χ1v) is 8.73. The first-order valence-electron chi connectivity index (χ1n) is 8.73. The number of aromatic nitrogens is 1. The molecule has 0 spiro atoms. The van der Waals surface area contributed by atoms with Gasteiger partial charge in [0.2, 0.25) is 5.75 Å². The lowest BCUT2D eigenvalue weighted by atomic mass is 10.1. The monoisotopic (exact) mass is 365 g/mol. The molecule has 0 aliphatic heterocycles. The van der Waals surface area contributed by atoms with Gasteiger partial charge in [-0.25, -0.2) is 0 Å². The number of benzene rings is 2. The summed E-state index contributed by atoms with van der Waals surface area (Å²) in [4.78, 5) is 12.7. The average molecular weight is 365 g/mol. The number of ketones is 1. The molecular weight excluding hydrogens is 342 g/mol. The Labute approximate surface area is 158 Å². The van der Waals surface area contributed by atoms with Crippen molar-refractivity contribution >= 4 is 22.8 Å². The van der Waals surface area contributed by atoms with Crippen molar-refractivity contribution in [2.45, 2.75) is 13.5 Å². The second-order valence-electron chi connectivity index (χ2n) is 6.00. The smallest absolute Gasteiger partial charge is 0.203 e. The van der Waals surface area contributed by atoms with Crippen LogP contribution in [0.5, 0.6) is 17.2 Å². The van der Waals surface area contributed by atoms with Gasteiger partial charge in [0.25, 0.3) is 0 Å². The summed E-state index contributed by atoms with van der Waals surface area (Å²) in [5.41, 5.74) is 2.63. The molecule has 0 atom stereocenters. The highest BCUT2D eigenvalue weighted by Crippen LogP contribution is 2.38. The number of para-hydroxylation sites is 1. The fourth-order valence-corrected chi connectivity index (χ4v) is 3.15. The maximum atomic E-state index is 12.7. The lowest BCUT2D eigenvalue weighted by molar-refractivity contribution is 0.104. The maximum Gasteiger partial charge on any atom is 0.203 e. The van der Waals surface area contributed by atoms with Crippen molar-refractivity contribution in [2.75, 3.05) is 21.3 Å². The normalized spacial score (nSPS) is 11.1. The van der Waals surface area contributed by atoms with E-state index in [1.807, 2.05) is 18.2 Å². The Bertz CT molecular complexity index is 976. The molecular formula is C22H23NO4. The van der Waals surface area contributed by atoms with E-state index in [-0.39, 0.29) is 5.78 Å². The zero-order valence-corrected chi connectivity index (χ0v) is 16.0. The van der Waals surface area contributed by atoms with Gasteiger partial charge < -0.3 is 18.8 Å². The second-order valence-corrected chi connectivity index (χ2v) is 6.00. The summed E-state index contributed by atoms with van der Waals surface area (Å²) in [7, 11) is 4.59. The van der Waals surface area contributed by atoms with E-state index in [2.05, 4.69) is 29.8 Å². The van der Waals surface area contributed by atoms with Crippen LogP contribution in [0.25, 0.3) is 17.0 Å². The highest BCUT2D eigenvalue weighted by Gasteiger charge is 2.16. The Hall–Kier alpha value is -3.21. The lowest BCUT2D eigenvalue weighted by Crippen LogP contribution is -2.00. The molecule has 0 radical (unpaired) electrons. The number of hydrogen-bond acceptors (Lipinski definition) is 4. The molecule has 0 unspecified atom stereocenters. The molecule has 0 fully saturated rings. The van der Waals surface area contributed by atoms with Crippen molar-refractivity contribution < 1.29 is 19.0 Å². The number of allylic oxidation sites excluding steroid dienone is 1. The van der Waals surface area contributed by atoms with Crippen LogP contribution in [0.3, 0.4) is 0 Å². The minimum atomic E-state index is -0.136. The molecule has 3 rings (SSSR count). The third-order valence-electron chi connectivity index (χ3n) is 4.52. The molecule has 0 bridgehead atoms. The number of hydrogen-bond donors (Lipinski definition) is 0. The molecule has 1 aromatic heterocycles. The van der Waals surface area contributed by atoms with Gasteiger partial charge in [-0.2, -0.15) is 0 Å². The number of carbonyl (C=O) groups excluding carboxylic acids is 1. The van der Waals surface area contributed by atoms with Crippen LogP contribution in [0.2, 0.25) is 0 Å². The zero-order valence-electron chi connectivity index (χ0n) is 16.0. The Morgan fingerprint density at radius 1 is 1.04 bits per heavy atom. The largest absolute Gasteiger partial charge is 0.493 e. The number of rotatable bonds is 7. The Morgan fingerprint density at radius 2 is 1.70 bits per heavy atom.